The number of nitrogens with one attached hydrogen (secondary N) is 1. The number of aromatic amines is 1. The number of aryl methyl sites for hydroxylation is 1. The molecule has 42 heavy (non-hydrogen) atoms. The number of methoxy groups -OCH3 is 1. The fourth-order valence-electron chi connectivity index (χ4n) is 6.16. The molecule has 5 rings (SSSR count). The molecule has 6 atom stereocenters. The number of benzene rings is 2. The summed E-state index contributed by atoms with van der Waals surface area (Å²) in [6, 6.07) is 19.1. The number of hydrogen-bond donors (Lipinski definition) is 1. The molecule has 1 aliphatic carbocycles. The van der Waals surface area contributed by atoms with Gasteiger partial charge in [-0.1, -0.05) is 67.6 Å². The maximum atomic E-state index is 13.0. The Hall–Kier alpha value is -4.06. The van der Waals surface area contributed by atoms with Crippen LogP contribution in [0.15, 0.2) is 76.4 Å². The lowest BCUT2D eigenvalue weighted by atomic mass is 9.79. The molecule has 222 valence electrons. The van der Waals surface area contributed by atoms with Gasteiger partial charge < -0.3 is 23.7 Å². The lowest BCUT2D eigenvalue weighted by molar-refractivity contribution is -0.266. The van der Waals surface area contributed by atoms with Crippen molar-refractivity contribution in [1.82, 2.24) is 9.55 Å². The molecule has 0 radical (unpaired) electrons. The van der Waals surface area contributed by atoms with Crippen LogP contribution in [0.1, 0.15) is 36.8 Å². The molecule has 1 aromatic heterocycles. The Morgan fingerprint density at radius 2 is 1.60 bits per heavy atom. The molecular weight excluding hydrogens is 544 g/mol. The maximum absolute atomic E-state index is 13.0. The highest BCUT2D eigenvalue weighted by molar-refractivity contribution is 6.29. The van der Waals surface area contributed by atoms with Crippen LogP contribution in [0.4, 0.5) is 0 Å². The van der Waals surface area contributed by atoms with Gasteiger partial charge in [0.25, 0.3) is 5.56 Å². The number of rotatable bonds is 9. The number of H-pyrrole nitrogens is 1. The fourth-order valence-corrected chi connectivity index (χ4v) is 6.16. The van der Waals surface area contributed by atoms with Crippen LogP contribution in [-0.4, -0.2) is 52.5 Å². The zero-order valence-corrected chi connectivity index (χ0v) is 23.9. The van der Waals surface area contributed by atoms with Crippen LogP contribution in [0.5, 0.6) is 0 Å². The van der Waals surface area contributed by atoms with E-state index in [1.165, 1.54) is 10.8 Å². The van der Waals surface area contributed by atoms with Crippen LogP contribution in [0, 0.1) is 18.8 Å². The van der Waals surface area contributed by atoms with Gasteiger partial charge in [0.1, 0.15) is 17.9 Å². The summed E-state index contributed by atoms with van der Waals surface area (Å²) >= 11 is 0. The summed E-state index contributed by atoms with van der Waals surface area (Å²) in [6.07, 6.45) is -0.193. The van der Waals surface area contributed by atoms with Gasteiger partial charge in [0.15, 0.2) is 5.60 Å². The van der Waals surface area contributed by atoms with E-state index in [1.54, 1.807) is 13.8 Å². The third-order valence-corrected chi connectivity index (χ3v) is 8.53. The molecule has 0 spiro atoms. The molecule has 2 bridgehead atoms. The zero-order chi connectivity index (χ0) is 30.1. The first-order valence-corrected chi connectivity index (χ1v) is 13.7. The first-order valence-electron chi connectivity index (χ1n) is 13.7. The van der Waals surface area contributed by atoms with Gasteiger partial charge in [-0.3, -0.25) is 14.3 Å². The Bertz CT molecular complexity index is 1550. The van der Waals surface area contributed by atoms with Crippen molar-refractivity contribution in [3.63, 3.8) is 0 Å². The third kappa shape index (κ3) is 5.08. The number of carbonyl (C=O) groups excluding carboxylic acids is 2. The Morgan fingerprint density at radius 1 is 0.976 bits per heavy atom. The van der Waals surface area contributed by atoms with E-state index in [4.69, 9.17) is 18.9 Å². The van der Waals surface area contributed by atoms with E-state index in [-0.39, 0.29) is 19.8 Å². The van der Waals surface area contributed by atoms with Gasteiger partial charge in [-0.05, 0) is 25.0 Å². The van der Waals surface area contributed by atoms with Crippen LogP contribution >= 0.6 is 0 Å². The average Bonchev–Trinajstić information content (AvgIpc) is 3.40. The molecule has 1 saturated heterocycles. The summed E-state index contributed by atoms with van der Waals surface area (Å²) in [5, 5.41) is 0. The normalized spacial score (nSPS) is 28.0. The Balaban J connectivity index is 1.58. The summed E-state index contributed by atoms with van der Waals surface area (Å²) in [5.41, 5.74) is -1.90. The second-order valence-corrected chi connectivity index (χ2v) is 10.9. The lowest BCUT2D eigenvalue weighted by Crippen LogP contribution is -2.63. The van der Waals surface area contributed by atoms with Gasteiger partial charge in [-0.2, -0.15) is 0 Å². The molecular formula is C31H34N2O9. The smallest absolute Gasteiger partial charge is 0.418 e. The van der Waals surface area contributed by atoms with Crippen molar-refractivity contribution >= 4 is 11.9 Å². The predicted octanol–water partition coefficient (Wildman–Crippen LogP) is 2.66. The van der Waals surface area contributed by atoms with Crippen LogP contribution in [-0.2, 0) is 46.5 Å². The predicted molar refractivity (Wildman–Crippen MR) is 149 cm³/mol. The van der Waals surface area contributed by atoms with Crippen molar-refractivity contribution in [3.8, 4) is 0 Å². The number of esters is 2. The molecule has 1 aliphatic heterocycles. The molecule has 3 aromatic rings. The standard InChI is InChI=1S/C31H34N2O9/c1-19-15-33(29(37)32-25(19)34)26-23-20(2)30(3,42-28(36)27(35)38-4)31(41-26,18-39-16-21-11-7-5-8-12-21)24(23)40-17-22-13-9-6-10-14-22/h5-15,20,23-24,26H,16-18H2,1-4H3,(H,32,34,37)/t20-,23+,24-,26+,30-,31+/m0/s1. The van der Waals surface area contributed by atoms with E-state index in [2.05, 4.69) is 9.72 Å². The van der Waals surface area contributed by atoms with Gasteiger partial charge in [0.05, 0.1) is 26.9 Å². The van der Waals surface area contributed by atoms with Gasteiger partial charge >= 0.3 is 17.6 Å². The van der Waals surface area contributed by atoms with Gasteiger partial charge in [0, 0.05) is 23.6 Å². The molecule has 2 aromatic carbocycles. The van der Waals surface area contributed by atoms with Crippen LogP contribution in [0.25, 0.3) is 0 Å². The summed E-state index contributed by atoms with van der Waals surface area (Å²) in [5.74, 6) is -3.38. The van der Waals surface area contributed by atoms with Crippen molar-refractivity contribution in [1.29, 1.82) is 0 Å². The highest BCUT2D eigenvalue weighted by atomic mass is 16.7. The molecule has 2 aliphatic rings. The Morgan fingerprint density at radius 3 is 2.21 bits per heavy atom. The van der Waals surface area contributed by atoms with Crippen LogP contribution < -0.4 is 11.2 Å². The summed E-state index contributed by atoms with van der Waals surface area (Å²) in [4.78, 5) is 52.5. The SMILES string of the molecule is COC(=O)C(=O)O[C@@]1(C)[C@@H](C)[C@H]2[C@H](n3cc(C)c(=O)[nH]c3=O)O[C@]1(COCc1ccccc1)[C@H]2OCc1ccccc1. The molecule has 0 unspecified atom stereocenters. The summed E-state index contributed by atoms with van der Waals surface area (Å²) in [7, 11) is 1.10. The van der Waals surface area contributed by atoms with Crippen molar-refractivity contribution in [2.75, 3.05) is 13.7 Å². The van der Waals surface area contributed by atoms with Crippen molar-refractivity contribution in [2.45, 2.75) is 57.5 Å². The van der Waals surface area contributed by atoms with E-state index in [1.807, 2.05) is 67.6 Å². The highest BCUT2D eigenvalue weighted by Crippen LogP contribution is 2.63. The van der Waals surface area contributed by atoms with Crippen molar-refractivity contribution < 1.29 is 33.3 Å². The number of hydrogen-bond acceptors (Lipinski definition) is 9. The van der Waals surface area contributed by atoms with E-state index >= 15 is 0 Å². The van der Waals surface area contributed by atoms with E-state index < -0.39 is 58.6 Å². The maximum Gasteiger partial charge on any atom is 0.418 e. The number of nitrogens with zero attached hydrogens (tertiary/aromatic N) is 1. The molecule has 2 heterocycles. The minimum atomic E-state index is -1.46. The second kappa shape index (κ2) is 11.7. The molecule has 0 amide bonds. The van der Waals surface area contributed by atoms with E-state index in [0.29, 0.717) is 5.56 Å². The zero-order valence-electron chi connectivity index (χ0n) is 23.9. The lowest BCUT2D eigenvalue weighted by Gasteiger charge is -2.48. The molecule has 11 nitrogen and oxygen atoms in total. The minimum absolute atomic E-state index is 0.0965. The number of carbonyl (C=O) groups is 2. The molecule has 11 heteroatoms. The molecule has 2 fully saturated rings. The number of aromatic nitrogens is 2. The first-order chi connectivity index (χ1) is 20.1. The Kier molecular flexibility index (Phi) is 8.18. The minimum Gasteiger partial charge on any atom is -0.461 e. The van der Waals surface area contributed by atoms with Crippen molar-refractivity contribution in [3.05, 3.63) is 104 Å². The second-order valence-electron chi connectivity index (χ2n) is 10.9. The largest absolute Gasteiger partial charge is 0.461 e. The highest BCUT2D eigenvalue weighted by Gasteiger charge is 2.77. The van der Waals surface area contributed by atoms with Gasteiger partial charge in [-0.25, -0.2) is 14.4 Å². The van der Waals surface area contributed by atoms with Gasteiger partial charge in [-0.15, -0.1) is 0 Å². The van der Waals surface area contributed by atoms with Crippen LogP contribution in [0.3, 0.4) is 0 Å². The summed E-state index contributed by atoms with van der Waals surface area (Å²) in [6.45, 7) is 5.45. The van der Waals surface area contributed by atoms with E-state index in [9.17, 15) is 19.2 Å². The van der Waals surface area contributed by atoms with Crippen molar-refractivity contribution in [2.24, 2.45) is 11.8 Å². The van der Waals surface area contributed by atoms with Gasteiger partial charge in [0.2, 0.25) is 0 Å². The average molecular weight is 579 g/mol. The van der Waals surface area contributed by atoms with Crippen LogP contribution in [0.2, 0.25) is 0 Å². The first kappa shape index (κ1) is 29.4. The third-order valence-electron chi connectivity index (χ3n) is 8.53. The molecule has 1 saturated carbocycles. The summed E-state index contributed by atoms with van der Waals surface area (Å²) < 4.78 is 31.3. The monoisotopic (exact) mass is 578 g/mol. The fraction of sp³-hybridized carbons (Fsp3) is 0.419. The topological polar surface area (TPSA) is 135 Å². The Labute approximate surface area is 242 Å². The number of fused-ring (bicyclic) bond motifs is 2. The molecule has 1 N–H and O–H groups in total. The number of ether oxygens (including phenoxy) is 5. The van der Waals surface area contributed by atoms with E-state index in [0.717, 1.165) is 18.2 Å². The quantitative estimate of drug-likeness (QED) is 0.300.